The van der Waals surface area contributed by atoms with E-state index in [1.807, 2.05) is 0 Å². The number of primary amides is 1. The molecule has 0 aliphatic heterocycles. The Morgan fingerprint density at radius 2 is 2.33 bits per heavy atom. The minimum Gasteiger partial charge on any atom is -0.385 e. The molecule has 0 aliphatic rings. The summed E-state index contributed by atoms with van der Waals surface area (Å²) in [7, 11) is 0. The monoisotopic (exact) mass is 205 g/mol. The van der Waals surface area contributed by atoms with Crippen LogP contribution in [0.3, 0.4) is 0 Å². The average molecular weight is 205 g/mol. The van der Waals surface area contributed by atoms with Gasteiger partial charge in [0.2, 0.25) is 5.91 Å². The second-order valence-electron chi connectivity index (χ2n) is 3.24. The van der Waals surface area contributed by atoms with Crippen LogP contribution in [0.1, 0.15) is 29.3 Å². The van der Waals surface area contributed by atoms with Crippen molar-refractivity contribution < 1.29 is 4.79 Å². The largest absolute Gasteiger partial charge is 0.385 e. The van der Waals surface area contributed by atoms with Gasteiger partial charge in [-0.1, -0.05) is 6.92 Å². The normalized spacial score (nSPS) is 9.67. The van der Waals surface area contributed by atoms with Gasteiger partial charge in [0.15, 0.2) is 0 Å². The Balaban J connectivity index is 2.98. The number of hydrogen-bond acceptors (Lipinski definition) is 3. The summed E-state index contributed by atoms with van der Waals surface area (Å²) in [5.41, 5.74) is 7.12. The molecule has 0 saturated carbocycles. The van der Waals surface area contributed by atoms with Crippen LogP contribution in [-0.2, 0) is 0 Å². The molecule has 0 unspecified atom stereocenters. The molecule has 0 spiro atoms. The van der Waals surface area contributed by atoms with Crippen molar-refractivity contribution in [2.75, 3.05) is 11.9 Å². The summed E-state index contributed by atoms with van der Waals surface area (Å²) in [6, 6.07) is 5.05. The minimum absolute atomic E-state index is 0.426. The molecule has 80 valence electrons. The number of amides is 1. The molecule has 0 aliphatic carbocycles. The minimum atomic E-state index is -0.472. The van der Waals surface area contributed by atoms with Crippen molar-refractivity contribution in [2.24, 2.45) is 5.73 Å². The van der Waals surface area contributed by atoms with Crippen LogP contribution in [0.4, 0.5) is 5.69 Å². The lowest BCUT2D eigenvalue weighted by molar-refractivity contribution is 0.100. The second kappa shape index (κ2) is 5.14. The first-order chi connectivity index (χ1) is 7.19. The SMILES string of the molecule is CCCNc1ccc(C(N)=O)cc1C=N. The number of rotatable bonds is 5. The Bertz CT molecular complexity index is 374. The van der Waals surface area contributed by atoms with Gasteiger partial charge in [-0.3, -0.25) is 4.79 Å². The molecule has 0 fully saturated rings. The number of benzene rings is 1. The zero-order valence-corrected chi connectivity index (χ0v) is 8.71. The predicted molar refractivity (Wildman–Crippen MR) is 61.6 cm³/mol. The van der Waals surface area contributed by atoms with Crippen LogP contribution in [0.2, 0.25) is 0 Å². The van der Waals surface area contributed by atoms with Crippen molar-refractivity contribution in [1.29, 1.82) is 5.41 Å². The summed E-state index contributed by atoms with van der Waals surface area (Å²) in [6.07, 6.45) is 2.22. The van der Waals surface area contributed by atoms with Crippen molar-refractivity contribution in [3.63, 3.8) is 0 Å². The molecule has 1 amide bonds. The highest BCUT2D eigenvalue weighted by Crippen LogP contribution is 2.15. The summed E-state index contributed by atoms with van der Waals surface area (Å²) >= 11 is 0. The number of nitrogens with two attached hydrogens (primary N) is 1. The number of anilines is 1. The first-order valence-electron chi connectivity index (χ1n) is 4.87. The molecule has 15 heavy (non-hydrogen) atoms. The van der Waals surface area contributed by atoms with Crippen LogP contribution in [-0.4, -0.2) is 18.7 Å². The Kier molecular flexibility index (Phi) is 3.85. The van der Waals surface area contributed by atoms with E-state index in [0.717, 1.165) is 18.7 Å². The van der Waals surface area contributed by atoms with E-state index in [9.17, 15) is 4.79 Å². The summed E-state index contributed by atoms with van der Waals surface area (Å²) in [5.74, 6) is -0.472. The molecule has 0 heterocycles. The number of carbonyl (C=O) groups excluding carboxylic acids is 1. The maximum Gasteiger partial charge on any atom is 0.248 e. The molecular formula is C11H15N3O. The zero-order chi connectivity index (χ0) is 11.3. The number of nitrogens with one attached hydrogen (secondary N) is 2. The number of carbonyl (C=O) groups is 1. The molecule has 0 bridgehead atoms. The van der Waals surface area contributed by atoms with Gasteiger partial charge in [0.1, 0.15) is 0 Å². The van der Waals surface area contributed by atoms with Gasteiger partial charge in [-0.15, -0.1) is 0 Å². The lowest BCUT2D eigenvalue weighted by atomic mass is 10.1. The Hall–Kier alpha value is -1.84. The fourth-order valence-corrected chi connectivity index (χ4v) is 1.26. The Labute approximate surface area is 89.0 Å². The third kappa shape index (κ3) is 2.80. The van der Waals surface area contributed by atoms with Crippen molar-refractivity contribution >= 4 is 17.8 Å². The van der Waals surface area contributed by atoms with Crippen molar-refractivity contribution in [1.82, 2.24) is 0 Å². The summed E-state index contributed by atoms with van der Waals surface area (Å²) < 4.78 is 0. The van der Waals surface area contributed by atoms with E-state index >= 15 is 0 Å². The average Bonchev–Trinajstić information content (AvgIpc) is 2.25. The molecule has 0 saturated heterocycles. The fourth-order valence-electron chi connectivity index (χ4n) is 1.26. The van der Waals surface area contributed by atoms with E-state index in [2.05, 4.69) is 12.2 Å². The molecule has 1 rings (SSSR count). The maximum atomic E-state index is 10.9. The predicted octanol–water partition coefficient (Wildman–Crippen LogP) is 1.61. The summed E-state index contributed by atoms with van der Waals surface area (Å²) in [4.78, 5) is 10.9. The van der Waals surface area contributed by atoms with Crippen LogP contribution in [0.15, 0.2) is 18.2 Å². The Morgan fingerprint density at radius 1 is 1.60 bits per heavy atom. The molecule has 1 aromatic rings. The van der Waals surface area contributed by atoms with E-state index in [0.29, 0.717) is 11.1 Å². The van der Waals surface area contributed by atoms with Gasteiger partial charge in [0.05, 0.1) is 0 Å². The van der Waals surface area contributed by atoms with Gasteiger partial charge in [-0.2, -0.15) is 0 Å². The lowest BCUT2D eigenvalue weighted by Gasteiger charge is -2.08. The maximum absolute atomic E-state index is 10.9. The number of hydrogen-bond donors (Lipinski definition) is 3. The van der Waals surface area contributed by atoms with E-state index in [4.69, 9.17) is 11.1 Å². The molecular weight excluding hydrogens is 190 g/mol. The van der Waals surface area contributed by atoms with Crippen LogP contribution < -0.4 is 11.1 Å². The first-order valence-corrected chi connectivity index (χ1v) is 4.87. The fraction of sp³-hybridized carbons (Fsp3) is 0.273. The first kappa shape index (κ1) is 11.2. The third-order valence-corrected chi connectivity index (χ3v) is 2.06. The van der Waals surface area contributed by atoms with E-state index in [1.54, 1.807) is 18.2 Å². The summed E-state index contributed by atoms with van der Waals surface area (Å²) in [5, 5.41) is 10.4. The molecule has 4 heteroatoms. The van der Waals surface area contributed by atoms with E-state index in [-0.39, 0.29) is 0 Å². The van der Waals surface area contributed by atoms with Gasteiger partial charge in [-0.05, 0) is 24.6 Å². The van der Waals surface area contributed by atoms with Gasteiger partial charge in [0.25, 0.3) is 0 Å². The van der Waals surface area contributed by atoms with Crippen molar-refractivity contribution in [3.05, 3.63) is 29.3 Å². The van der Waals surface area contributed by atoms with Gasteiger partial charge < -0.3 is 16.5 Å². The lowest BCUT2D eigenvalue weighted by Crippen LogP contribution is -2.12. The second-order valence-corrected chi connectivity index (χ2v) is 3.24. The molecule has 0 atom stereocenters. The zero-order valence-electron chi connectivity index (χ0n) is 8.71. The molecule has 0 aromatic heterocycles. The van der Waals surface area contributed by atoms with Crippen molar-refractivity contribution in [2.45, 2.75) is 13.3 Å². The highest BCUT2D eigenvalue weighted by Gasteiger charge is 2.04. The molecule has 4 N–H and O–H groups in total. The van der Waals surface area contributed by atoms with Gasteiger partial charge in [0, 0.05) is 29.6 Å². The summed E-state index contributed by atoms with van der Waals surface area (Å²) in [6.45, 7) is 2.91. The van der Waals surface area contributed by atoms with Gasteiger partial charge >= 0.3 is 0 Å². The third-order valence-electron chi connectivity index (χ3n) is 2.06. The van der Waals surface area contributed by atoms with Crippen LogP contribution >= 0.6 is 0 Å². The van der Waals surface area contributed by atoms with Crippen LogP contribution in [0.25, 0.3) is 0 Å². The highest BCUT2D eigenvalue weighted by molar-refractivity contribution is 5.96. The standard InChI is InChI=1S/C11H15N3O/c1-2-5-14-10-4-3-8(11(13)15)6-9(10)7-12/h3-4,6-7,12,14H,2,5H2,1H3,(H2,13,15). The quantitative estimate of drug-likeness (QED) is 0.638. The Morgan fingerprint density at radius 3 is 2.87 bits per heavy atom. The molecule has 1 aromatic carbocycles. The van der Waals surface area contributed by atoms with Crippen molar-refractivity contribution in [3.8, 4) is 0 Å². The molecule has 0 radical (unpaired) electrons. The highest BCUT2D eigenvalue weighted by atomic mass is 16.1. The van der Waals surface area contributed by atoms with Crippen LogP contribution in [0, 0.1) is 5.41 Å². The molecule has 4 nitrogen and oxygen atoms in total. The van der Waals surface area contributed by atoms with E-state index in [1.165, 1.54) is 6.21 Å². The van der Waals surface area contributed by atoms with E-state index < -0.39 is 5.91 Å². The van der Waals surface area contributed by atoms with Crippen LogP contribution in [0.5, 0.6) is 0 Å². The van der Waals surface area contributed by atoms with Gasteiger partial charge in [-0.25, -0.2) is 0 Å². The smallest absolute Gasteiger partial charge is 0.248 e. The topological polar surface area (TPSA) is 79.0 Å².